The van der Waals surface area contributed by atoms with Crippen molar-refractivity contribution < 1.29 is 29.0 Å². The van der Waals surface area contributed by atoms with Crippen molar-refractivity contribution in [3.63, 3.8) is 0 Å². The molecular formula is C23H23NO6. The number of hydrogen-bond acceptors (Lipinski definition) is 6. The molecule has 0 radical (unpaired) electrons. The highest BCUT2D eigenvalue weighted by atomic mass is 16.5. The zero-order valence-electron chi connectivity index (χ0n) is 16.7. The molecule has 1 aromatic rings. The maximum Gasteiger partial charge on any atom is 0.328 e. The van der Waals surface area contributed by atoms with Crippen molar-refractivity contribution in [3.05, 3.63) is 72.0 Å². The molecule has 1 aromatic carbocycles. The standard InChI is InChI=1S/C23H23NO6/c1-14(25)29-17-10-11-20(21(12-17)30-15(2)26)23-19-8-5-7-18(19)16(13-24-23)6-3-4-9-22(27)28/h3-7,9-13,18-19,23-24H,8H2,1-2H3,(H,27,28)/b6-3-,9-4+. The van der Waals surface area contributed by atoms with E-state index in [9.17, 15) is 14.4 Å². The number of ether oxygens (including phenoxy) is 2. The molecule has 0 spiro atoms. The minimum atomic E-state index is -0.996. The van der Waals surface area contributed by atoms with Crippen molar-refractivity contribution in [3.8, 4) is 11.5 Å². The molecule has 7 nitrogen and oxygen atoms in total. The van der Waals surface area contributed by atoms with Gasteiger partial charge in [0.1, 0.15) is 11.5 Å². The number of hydrogen-bond donors (Lipinski definition) is 2. The summed E-state index contributed by atoms with van der Waals surface area (Å²) in [5, 5.41) is 12.1. The zero-order valence-corrected chi connectivity index (χ0v) is 16.7. The molecule has 1 aliphatic carbocycles. The number of benzene rings is 1. The van der Waals surface area contributed by atoms with Crippen LogP contribution in [0.15, 0.2) is 66.4 Å². The Labute approximate surface area is 174 Å². The van der Waals surface area contributed by atoms with E-state index in [0.717, 1.165) is 23.6 Å². The van der Waals surface area contributed by atoms with E-state index in [0.29, 0.717) is 11.5 Å². The molecule has 1 heterocycles. The lowest BCUT2D eigenvalue weighted by atomic mass is 9.78. The van der Waals surface area contributed by atoms with E-state index in [1.165, 1.54) is 19.9 Å². The molecule has 2 aliphatic rings. The fourth-order valence-electron chi connectivity index (χ4n) is 3.81. The number of esters is 2. The van der Waals surface area contributed by atoms with Crippen LogP contribution in [0.2, 0.25) is 0 Å². The van der Waals surface area contributed by atoms with Crippen LogP contribution in [0.4, 0.5) is 0 Å². The van der Waals surface area contributed by atoms with Crippen LogP contribution in [0.3, 0.4) is 0 Å². The summed E-state index contributed by atoms with van der Waals surface area (Å²) in [7, 11) is 0. The quantitative estimate of drug-likeness (QED) is 0.244. The van der Waals surface area contributed by atoms with Gasteiger partial charge in [0.2, 0.25) is 0 Å². The number of carboxylic acid groups (broad SMARTS) is 1. The molecule has 3 unspecified atom stereocenters. The summed E-state index contributed by atoms with van der Waals surface area (Å²) < 4.78 is 10.5. The SMILES string of the molecule is CC(=O)Oc1ccc(C2NC=C(/C=C\C=C\C(=O)O)C3C=CCC32)c(OC(C)=O)c1. The lowest BCUT2D eigenvalue weighted by Crippen LogP contribution is -2.33. The third-order valence-electron chi connectivity index (χ3n) is 4.93. The zero-order chi connectivity index (χ0) is 21.7. The number of allylic oxidation sites excluding steroid dienone is 6. The molecule has 7 heteroatoms. The van der Waals surface area contributed by atoms with Gasteiger partial charge in [-0.05, 0) is 30.0 Å². The van der Waals surface area contributed by atoms with Gasteiger partial charge in [0.15, 0.2) is 0 Å². The second-order valence-corrected chi connectivity index (χ2v) is 7.09. The third-order valence-corrected chi connectivity index (χ3v) is 4.93. The topological polar surface area (TPSA) is 102 Å². The van der Waals surface area contributed by atoms with Crippen molar-refractivity contribution >= 4 is 17.9 Å². The predicted octanol–water partition coefficient (Wildman–Crippen LogP) is 3.45. The molecule has 1 aliphatic heterocycles. The van der Waals surface area contributed by atoms with E-state index in [1.807, 2.05) is 12.3 Å². The predicted molar refractivity (Wildman–Crippen MR) is 110 cm³/mol. The number of aliphatic carboxylic acids is 1. The summed E-state index contributed by atoms with van der Waals surface area (Å²) in [6.07, 6.45) is 13.1. The molecular weight excluding hydrogens is 386 g/mol. The second-order valence-electron chi connectivity index (χ2n) is 7.09. The lowest BCUT2D eigenvalue weighted by Gasteiger charge is -2.35. The van der Waals surface area contributed by atoms with E-state index >= 15 is 0 Å². The van der Waals surface area contributed by atoms with E-state index in [4.69, 9.17) is 14.6 Å². The van der Waals surface area contributed by atoms with Crippen molar-refractivity contribution in [2.24, 2.45) is 11.8 Å². The van der Waals surface area contributed by atoms with Crippen molar-refractivity contribution in [1.29, 1.82) is 0 Å². The van der Waals surface area contributed by atoms with Gasteiger partial charge in [-0.1, -0.05) is 30.4 Å². The normalized spacial score (nSPS) is 22.5. The fourth-order valence-corrected chi connectivity index (χ4v) is 3.81. The molecule has 2 N–H and O–H groups in total. The van der Waals surface area contributed by atoms with Crippen molar-refractivity contribution in [2.45, 2.75) is 26.3 Å². The van der Waals surface area contributed by atoms with Gasteiger partial charge >= 0.3 is 17.9 Å². The van der Waals surface area contributed by atoms with Crippen LogP contribution in [0.1, 0.15) is 31.9 Å². The first-order valence-electron chi connectivity index (χ1n) is 9.56. The molecule has 0 saturated heterocycles. The molecule has 3 atom stereocenters. The average Bonchev–Trinajstić information content (AvgIpc) is 3.15. The van der Waals surface area contributed by atoms with Gasteiger partial charge in [0.05, 0.1) is 6.04 Å². The summed E-state index contributed by atoms with van der Waals surface area (Å²) in [4.78, 5) is 33.5. The average molecular weight is 409 g/mol. The molecule has 30 heavy (non-hydrogen) atoms. The number of rotatable bonds is 6. The van der Waals surface area contributed by atoms with Gasteiger partial charge in [-0.2, -0.15) is 0 Å². The monoisotopic (exact) mass is 409 g/mol. The van der Waals surface area contributed by atoms with Crippen LogP contribution >= 0.6 is 0 Å². The number of carbonyl (C=O) groups excluding carboxylic acids is 2. The molecule has 0 bridgehead atoms. The largest absolute Gasteiger partial charge is 0.478 e. The van der Waals surface area contributed by atoms with Gasteiger partial charge in [-0.3, -0.25) is 9.59 Å². The number of nitrogens with one attached hydrogen (secondary N) is 1. The minimum Gasteiger partial charge on any atom is -0.478 e. The first kappa shape index (κ1) is 21.1. The maximum absolute atomic E-state index is 11.6. The summed E-state index contributed by atoms with van der Waals surface area (Å²) >= 11 is 0. The molecule has 3 rings (SSSR count). The summed E-state index contributed by atoms with van der Waals surface area (Å²) in [6.45, 7) is 2.63. The van der Waals surface area contributed by atoms with Crippen molar-refractivity contribution in [1.82, 2.24) is 5.32 Å². The van der Waals surface area contributed by atoms with Crippen LogP contribution < -0.4 is 14.8 Å². The van der Waals surface area contributed by atoms with Crippen LogP contribution in [-0.4, -0.2) is 23.0 Å². The first-order valence-corrected chi connectivity index (χ1v) is 9.56. The van der Waals surface area contributed by atoms with Crippen molar-refractivity contribution in [2.75, 3.05) is 0 Å². The van der Waals surface area contributed by atoms with Gasteiger partial charge in [0, 0.05) is 43.7 Å². The summed E-state index contributed by atoms with van der Waals surface area (Å²) in [6, 6.07) is 4.91. The Kier molecular flexibility index (Phi) is 6.51. The van der Waals surface area contributed by atoms with Crippen LogP contribution in [0.5, 0.6) is 11.5 Å². The van der Waals surface area contributed by atoms with Gasteiger partial charge in [-0.15, -0.1) is 0 Å². The van der Waals surface area contributed by atoms with Crippen LogP contribution in [0, 0.1) is 11.8 Å². The Bertz CT molecular complexity index is 972. The highest BCUT2D eigenvalue weighted by Gasteiger charge is 2.37. The highest BCUT2D eigenvalue weighted by molar-refractivity contribution is 5.80. The Morgan fingerprint density at radius 1 is 1.13 bits per heavy atom. The van der Waals surface area contributed by atoms with Crippen LogP contribution in [0.25, 0.3) is 0 Å². The van der Waals surface area contributed by atoms with E-state index in [2.05, 4.69) is 17.5 Å². The Balaban J connectivity index is 1.90. The summed E-state index contributed by atoms with van der Waals surface area (Å²) in [5.74, 6) is -0.925. The Morgan fingerprint density at radius 2 is 1.90 bits per heavy atom. The highest BCUT2D eigenvalue weighted by Crippen LogP contribution is 2.45. The summed E-state index contributed by atoms with van der Waals surface area (Å²) in [5.41, 5.74) is 1.83. The molecule has 0 amide bonds. The Hall–Kier alpha value is -3.61. The van der Waals surface area contributed by atoms with E-state index < -0.39 is 17.9 Å². The smallest absolute Gasteiger partial charge is 0.328 e. The minimum absolute atomic E-state index is 0.113. The maximum atomic E-state index is 11.6. The van der Waals surface area contributed by atoms with Gasteiger partial charge < -0.3 is 19.9 Å². The molecule has 0 fully saturated rings. The number of carbonyl (C=O) groups is 3. The van der Waals surface area contributed by atoms with Crippen LogP contribution in [-0.2, 0) is 14.4 Å². The van der Waals surface area contributed by atoms with Gasteiger partial charge in [-0.25, -0.2) is 4.79 Å². The molecule has 0 saturated carbocycles. The lowest BCUT2D eigenvalue weighted by molar-refractivity contribution is -0.132. The van der Waals surface area contributed by atoms with E-state index in [1.54, 1.807) is 24.3 Å². The molecule has 156 valence electrons. The third kappa shape index (κ3) is 5.05. The number of fused-ring (bicyclic) bond motifs is 1. The van der Waals surface area contributed by atoms with E-state index in [-0.39, 0.29) is 17.9 Å². The first-order chi connectivity index (χ1) is 14.3. The Morgan fingerprint density at radius 3 is 2.60 bits per heavy atom. The second kappa shape index (κ2) is 9.26. The number of carboxylic acids is 1. The molecule has 0 aromatic heterocycles. The van der Waals surface area contributed by atoms with Gasteiger partial charge in [0.25, 0.3) is 0 Å². The fraction of sp³-hybridized carbons (Fsp3) is 0.261.